The monoisotopic (exact) mass is 960 g/mol. The van der Waals surface area contributed by atoms with E-state index < -0.39 is 60.6 Å². The molecule has 4 N–H and O–H groups in total. The van der Waals surface area contributed by atoms with Gasteiger partial charge in [-0.2, -0.15) is 0 Å². The molecule has 8 rings (SSSR count). The highest BCUT2D eigenvalue weighted by molar-refractivity contribution is 5.90. The van der Waals surface area contributed by atoms with Gasteiger partial charge in [-0.25, -0.2) is 19.2 Å². The first-order chi connectivity index (χ1) is 33.6. The smallest absolute Gasteiger partial charge is 0.338 e. The normalized spacial score (nSPS) is 16.8. The number of benzene rings is 6. The van der Waals surface area contributed by atoms with Crippen molar-refractivity contribution in [3.05, 3.63) is 191 Å². The van der Waals surface area contributed by atoms with Gasteiger partial charge in [0, 0.05) is 25.0 Å². The third-order valence-electron chi connectivity index (χ3n) is 9.36. The molecule has 0 atom stereocenters. The fourth-order valence-corrected chi connectivity index (χ4v) is 6.01. The number of phenols is 2. The fraction of sp³-hybridized carbons (Fsp3) is 0.192. The lowest BCUT2D eigenvalue weighted by Crippen LogP contribution is -2.35. The molecule has 2 aliphatic rings. The number of carboxylic acid groups (broad SMARTS) is 2. The van der Waals surface area contributed by atoms with Gasteiger partial charge in [-0.1, -0.05) is 60.7 Å². The van der Waals surface area contributed by atoms with Crippen LogP contribution in [0.4, 0.5) is 0 Å². The van der Waals surface area contributed by atoms with Crippen LogP contribution in [0.5, 0.6) is 23.0 Å². The van der Waals surface area contributed by atoms with Crippen molar-refractivity contribution in [1.29, 1.82) is 0 Å². The molecule has 2 aliphatic heterocycles. The van der Waals surface area contributed by atoms with E-state index in [0.29, 0.717) is 22.6 Å². The Morgan fingerprint density at radius 1 is 0.414 bits per heavy atom. The second kappa shape index (κ2) is 26.8. The Labute approximate surface area is 401 Å². The Morgan fingerprint density at radius 2 is 0.700 bits per heavy atom. The van der Waals surface area contributed by atoms with Crippen LogP contribution >= 0.6 is 0 Å². The molecule has 6 aromatic carbocycles. The highest BCUT2D eigenvalue weighted by Gasteiger charge is 2.28. The summed E-state index contributed by atoms with van der Waals surface area (Å²) >= 11 is 0. The van der Waals surface area contributed by atoms with Gasteiger partial charge >= 0.3 is 35.8 Å². The molecule has 0 spiro atoms. The quantitative estimate of drug-likeness (QED) is 0.0750. The van der Waals surface area contributed by atoms with Gasteiger partial charge in [0.1, 0.15) is 35.2 Å². The van der Waals surface area contributed by atoms with E-state index in [9.17, 15) is 33.9 Å². The molecule has 2 saturated heterocycles. The van der Waals surface area contributed by atoms with Gasteiger partial charge in [-0.3, -0.25) is 9.59 Å². The van der Waals surface area contributed by atoms with Crippen LogP contribution in [-0.2, 0) is 38.0 Å². The van der Waals surface area contributed by atoms with Crippen molar-refractivity contribution in [3.63, 3.8) is 0 Å². The first kappa shape index (κ1) is 52.5. The van der Waals surface area contributed by atoms with E-state index in [2.05, 4.69) is 0 Å². The predicted molar refractivity (Wildman–Crippen MR) is 246 cm³/mol. The zero-order valence-electron chi connectivity index (χ0n) is 37.7. The average Bonchev–Trinajstić information content (AvgIpc) is 3.36. The Balaban J connectivity index is 0.000000184. The van der Waals surface area contributed by atoms with Crippen LogP contribution in [0, 0.1) is 0 Å². The molecule has 6 aromatic rings. The number of phenolic OH excluding ortho intramolecular Hbond substituents is 2. The van der Waals surface area contributed by atoms with Crippen LogP contribution < -0.4 is 9.47 Å². The van der Waals surface area contributed by atoms with Gasteiger partial charge in [-0.15, -0.1) is 0 Å². The molecule has 0 aliphatic carbocycles. The van der Waals surface area contributed by atoms with E-state index in [1.807, 2.05) is 60.7 Å². The number of rotatable bonds is 10. The standard InChI is InChI=1S/C19H18O6.C17H16O5.C9H8O4.C7H6O3/c1-13(20)24-16-9-7-14(8-10-16)18(21)25-17-11-22-19(23-12-17)15-5-3-2-4-6-15;18-14-8-6-12(7-9-14)16(19)22-15-10-20-17(21-11-15)13-4-2-1-3-5-13;1-6(10)13-8-4-2-7(3-5-8)9(11)12;8-6-3-1-5(2-4-6)7(9)10/h2-10,17,19H,11-12H2,1H3;1-9,15,17-18H,10-11H2;2-5H,1H3,(H,11,12);1-4,8H,(H,9,10). The van der Waals surface area contributed by atoms with Crippen molar-refractivity contribution in [2.24, 2.45) is 0 Å². The van der Waals surface area contributed by atoms with Gasteiger partial charge < -0.3 is 58.3 Å². The summed E-state index contributed by atoms with van der Waals surface area (Å²) in [4.78, 5) is 66.2. The van der Waals surface area contributed by atoms with Crippen LogP contribution in [-0.4, -0.2) is 94.9 Å². The first-order valence-electron chi connectivity index (χ1n) is 21.2. The summed E-state index contributed by atoms with van der Waals surface area (Å²) in [7, 11) is 0. The highest BCUT2D eigenvalue weighted by Crippen LogP contribution is 2.26. The number of hydrogen-bond acceptors (Lipinski definition) is 16. The molecule has 0 amide bonds. The highest BCUT2D eigenvalue weighted by atomic mass is 16.7. The van der Waals surface area contributed by atoms with E-state index in [-0.39, 0.29) is 49.1 Å². The SMILES string of the molecule is CC(=O)Oc1ccc(C(=O)O)cc1.CC(=O)Oc1ccc(C(=O)OC2COC(c3ccccc3)OC2)cc1.O=C(O)c1ccc(O)cc1.O=C(OC1COC(c2ccccc2)OC1)c1ccc(O)cc1. The molecule has 364 valence electrons. The zero-order chi connectivity index (χ0) is 50.4. The summed E-state index contributed by atoms with van der Waals surface area (Å²) in [6, 6.07) is 42.2. The lowest BCUT2D eigenvalue weighted by Gasteiger charge is -2.29. The molecule has 0 saturated carbocycles. The molecular formula is C52H48O18. The van der Waals surface area contributed by atoms with Gasteiger partial charge in [0.25, 0.3) is 0 Å². The third kappa shape index (κ3) is 17.7. The van der Waals surface area contributed by atoms with E-state index in [0.717, 1.165) is 11.1 Å². The number of carboxylic acids is 2. The van der Waals surface area contributed by atoms with Crippen LogP contribution in [0.15, 0.2) is 158 Å². The van der Waals surface area contributed by atoms with E-state index in [4.69, 9.17) is 53.2 Å². The minimum Gasteiger partial charge on any atom is -0.508 e. The lowest BCUT2D eigenvalue weighted by atomic mass is 10.2. The molecular weight excluding hydrogens is 913 g/mol. The van der Waals surface area contributed by atoms with E-state index >= 15 is 0 Å². The Kier molecular flexibility index (Phi) is 20.1. The van der Waals surface area contributed by atoms with E-state index in [1.165, 1.54) is 111 Å². The molecule has 0 bridgehead atoms. The maximum Gasteiger partial charge on any atom is 0.338 e. The second-order valence-electron chi connectivity index (χ2n) is 14.8. The average molecular weight is 961 g/mol. The van der Waals surface area contributed by atoms with Gasteiger partial charge in [0.05, 0.1) is 48.7 Å². The van der Waals surface area contributed by atoms with Crippen molar-refractivity contribution in [2.75, 3.05) is 26.4 Å². The van der Waals surface area contributed by atoms with Crippen molar-refractivity contribution >= 4 is 35.8 Å². The minimum absolute atomic E-state index is 0.0741. The number of carbonyl (C=O) groups is 6. The van der Waals surface area contributed by atoms with Gasteiger partial charge in [0.2, 0.25) is 0 Å². The Bertz CT molecular complexity index is 2600. The molecule has 0 radical (unpaired) electrons. The fourth-order valence-electron chi connectivity index (χ4n) is 6.01. The molecule has 0 aromatic heterocycles. The first-order valence-corrected chi connectivity index (χ1v) is 21.2. The maximum absolute atomic E-state index is 12.2. The Morgan fingerprint density at radius 3 is 1.00 bits per heavy atom. The summed E-state index contributed by atoms with van der Waals surface area (Å²) in [6.07, 6.45) is -1.79. The van der Waals surface area contributed by atoms with Gasteiger partial charge in [-0.05, 0) is 97.1 Å². The third-order valence-corrected chi connectivity index (χ3v) is 9.36. The van der Waals surface area contributed by atoms with E-state index in [1.54, 1.807) is 0 Å². The zero-order valence-corrected chi connectivity index (χ0v) is 37.7. The second-order valence-corrected chi connectivity index (χ2v) is 14.8. The summed E-state index contributed by atoms with van der Waals surface area (Å²) in [5, 5.41) is 34.9. The largest absolute Gasteiger partial charge is 0.508 e. The summed E-state index contributed by atoms with van der Waals surface area (Å²) < 4.78 is 42.8. The lowest BCUT2D eigenvalue weighted by molar-refractivity contribution is -0.220. The van der Waals surface area contributed by atoms with Crippen LogP contribution in [0.1, 0.15) is 79.0 Å². The Hall–Kier alpha value is -8.42. The van der Waals surface area contributed by atoms with Crippen molar-refractivity contribution < 1.29 is 87.1 Å². The molecule has 0 unspecified atom stereocenters. The number of ether oxygens (including phenoxy) is 8. The topological polar surface area (TPSA) is 257 Å². The number of aromatic hydroxyl groups is 2. The molecule has 2 fully saturated rings. The maximum atomic E-state index is 12.2. The summed E-state index contributed by atoms with van der Waals surface area (Å²) in [5.41, 5.74) is 2.94. The molecule has 2 heterocycles. The van der Waals surface area contributed by atoms with Crippen molar-refractivity contribution in [3.8, 4) is 23.0 Å². The number of hydrogen-bond donors (Lipinski definition) is 4. The minimum atomic E-state index is -1.01. The molecule has 18 nitrogen and oxygen atoms in total. The number of carbonyl (C=O) groups excluding carboxylic acids is 4. The number of aromatic carboxylic acids is 2. The number of esters is 4. The molecule has 70 heavy (non-hydrogen) atoms. The van der Waals surface area contributed by atoms with Crippen molar-refractivity contribution in [1.82, 2.24) is 0 Å². The van der Waals surface area contributed by atoms with Crippen LogP contribution in [0.3, 0.4) is 0 Å². The molecule has 18 heteroatoms. The summed E-state index contributed by atoms with van der Waals surface area (Å²) in [5.74, 6) is -2.88. The predicted octanol–water partition coefficient (Wildman–Crippen LogP) is 7.95. The summed E-state index contributed by atoms with van der Waals surface area (Å²) in [6.45, 7) is 3.68. The van der Waals surface area contributed by atoms with Crippen LogP contribution in [0.2, 0.25) is 0 Å². The van der Waals surface area contributed by atoms with Crippen molar-refractivity contribution in [2.45, 2.75) is 38.6 Å². The van der Waals surface area contributed by atoms with Gasteiger partial charge in [0.15, 0.2) is 12.6 Å². The van der Waals surface area contributed by atoms with Crippen LogP contribution in [0.25, 0.3) is 0 Å².